The second kappa shape index (κ2) is 3.14. The highest BCUT2D eigenvalue weighted by Crippen LogP contribution is 2.11. The van der Waals surface area contributed by atoms with Crippen molar-refractivity contribution < 1.29 is 0 Å². The van der Waals surface area contributed by atoms with E-state index < -0.39 is 0 Å². The van der Waals surface area contributed by atoms with E-state index in [-0.39, 0.29) is 0 Å². The van der Waals surface area contributed by atoms with Crippen molar-refractivity contribution in [1.29, 1.82) is 0 Å². The van der Waals surface area contributed by atoms with Crippen LogP contribution < -0.4 is 5.73 Å². The van der Waals surface area contributed by atoms with Gasteiger partial charge < -0.3 is 5.73 Å². The lowest BCUT2D eigenvalue weighted by molar-refractivity contribution is 0.831. The summed E-state index contributed by atoms with van der Waals surface area (Å²) in [5.74, 6) is 0.796. The van der Waals surface area contributed by atoms with E-state index in [1.807, 2.05) is 26.0 Å². The average molecular weight is 188 g/mol. The Labute approximate surface area is 82.4 Å². The molecule has 2 N–H and O–H groups in total. The molecular formula is C10H12N4. The van der Waals surface area contributed by atoms with Crippen LogP contribution in [0.15, 0.2) is 24.5 Å². The van der Waals surface area contributed by atoms with Crippen LogP contribution in [0, 0.1) is 13.8 Å². The lowest BCUT2D eigenvalue weighted by Gasteiger charge is -1.99. The first-order chi connectivity index (χ1) is 6.66. The molecular weight excluding hydrogens is 176 g/mol. The predicted molar refractivity (Wildman–Crippen MR) is 55.2 cm³/mol. The summed E-state index contributed by atoms with van der Waals surface area (Å²) in [7, 11) is 0. The Balaban J connectivity index is 2.49. The molecule has 2 rings (SSSR count). The van der Waals surface area contributed by atoms with Crippen molar-refractivity contribution in [2.24, 2.45) is 0 Å². The number of rotatable bonds is 1. The van der Waals surface area contributed by atoms with Gasteiger partial charge in [-0.05, 0) is 31.5 Å². The predicted octanol–water partition coefficient (Wildman–Crippen LogP) is 1.47. The Morgan fingerprint density at radius 3 is 2.71 bits per heavy atom. The summed E-state index contributed by atoms with van der Waals surface area (Å²) < 4.78 is 1.69. The van der Waals surface area contributed by atoms with E-state index in [1.165, 1.54) is 0 Å². The van der Waals surface area contributed by atoms with Crippen LogP contribution in [0.4, 0.5) is 5.69 Å². The Hall–Kier alpha value is -1.84. The number of nitrogens with two attached hydrogens (primary N) is 1. The van der Waals surface area contributed by atoms with E-state index in [1.54, 1.807) is 17.1 Å². The molecule has 0 aliphatic rings. The third-order valence-electron chi connectivity index (χ3n) is 2.07. The Morgan fingerprint density at radius 1 is 1.36 bits per heavy atom. The molecule has 0 amide bonds. The molecule has 0 fully saturated rings. The van der Waals surface area contributed by atoms with Crippen LogP contribution in [0.25, 0.3) is 5.82 Å². The molecule has 0 aliphatic carbocycles. The normalized spacial score (nSPS) is 10.4. The second-order valence-corrected chi connectivity index (χ2v) is 3.31. The molecule has 0 aliphatic heterocycles. The fraction of sp³-hybridized carbons (Fsp3) is 0.200. The molecule has 0 saturated heterocycles. The maximum atomic E-state index is 5.70. The maximum Gasteiger partial charge on any atom is 0.153 e. The highest BCUT2D eigenvalue weighted by atomic mass is 15.3. The lowest BCUT2D eigenvalue weighted by atomic mass is 10.3. The third-order valence-corrected chi connectivity index (χ3v) is 2.07. The molecule has 0 radical (unpaired) electrons. The molecule has 2 heterocycles. The first-order valence-corrected chi connectivity index (χ1v) is 4.41. The molecule has 0 aromatic carbocycles. The molecule has 0 bridgehead atoms. The van der Waals surface area contributed by atoms with Gasteiger partial charge in [0.25, 0.3) is 0 Å². The standard InChI is InChI=1S/C10H12N4/c1-7-3-4-12-10(5-7)14-6-9(11)8(2)13-14/h3-6H,11H2,1-2H3. The number of hydrogen-bond acceptors (Lipinski definition) is 3. The SMILES string of the molecule is Cc1ccnc(-n2cc(N)c(C)n2)c1. The van der Waals surface area contributed by atoms with Gasteiger partial charge in [-0.15, -0.1) is 0 Å². The monoisotopic (exact) mass is 188 g/mol. The Morgan fingerprint density at radius 2 is 2.14 bits per heavy atom. The summed E-state index contributed by atoms with van der Waals surface area (Å²) >= 11 is 0. The zero-order valence-corrected chi connectivity index (χ0v) is 8.23. The smallest absolute Gasteiger partial charge is 0.153 e. The van der Waals surface area contributed by atoms with Gasteiger partial charge >= 0.3 is 0 Å². The number of anilines is 1. The van der Waals surface area contributed by atoms with E-state index in [9.17, 15) is 0 Å². The van der Waals surface area contributed by atoms with Crippen LogP contribution >= 0.6 is 0 Å². The van der Waals surface area contributed by atoms with E-state index in [2.05, 4.69) is 10.1 Å². The molecule has 4 nitrogen and oxygen atoms in total. The van der Waals surface area contributed by atoms with E-state index in [0.29, 0.717) is 5.69 Å². The summed E-state index contributed by atoms with van der Waals surface area (Å²) in [6.45, 7) is 3.90. The Bertz CT molecular complexity index is 439. The number of aromatic nitrogens is 3. The number of hydrogen-bond donors (Lipinski definition) is 1. The third kappa shape index (κ3) is 1.46. The minimum Gasteiger partial charge on any atom is -0.396 e. The minimum absolute atomic E-state index is 0.688. The van der Waals surface area contributed by atoms with Gasteiger partial charge in [0.2, 0.25) is 0 Å². The lowest BCUT2D eigenvalue weighted by Crippen LogP contribution is -1.98. The highest BCUT2D eigenvalue weighted by molar-refractivity contribution is 5.42. The van der Waals surface area contributed by atoms with Crippen LogP contribution in [-0.4, -0.2) is 14.8 Å². The number of pyridine rings is 1. The summed E-state index contributed by atoms with van der Waals surface area (Å²) in [5.41, 5.74) is 8.37. The molecule has 72 valence electrons. The van der Waals surface area contributed by atoms with Crippen molar-refractivity contribution in [3.63, 3.8) is 0 Å². The van der Waals surface area contributed by atoms with Gasteiger partial charge in [0.15, 0.2) is 5.82 Å². The van der Waals surface area contributed by atoms with E-state index >= 15 is 0 Å². The highest BCUT2D eigenvalue weighted by Gasteiger charge is 2.03. The van der Waals surface area contributed by atoms with Crippen molar-refractivity contribution in [3.8, 4) is 5.82 Å². The number of nitrogens with zero attached hydrogens (tertiary/aromatic N) is 3. The van der Waals surface area contributed by atoms with Gasteiger partial charge in [0.1, 0.15) is 0 Å². The summed E-state index contributed by atoms with van der Waals surface area (Å²) in [6.07, 6.45) is 3.54. The maximum absolute atomic E-state index is 5.70. The van der Waals surface area contributed by atoms with Crippen molar-refractivity contribution in [3.05, 3.63) is 35.8 Å². The van der Waals surface area contributed by atoms with Crippen LogP contribution in [0.2, 0.25) is 0 Å². The second-order valence-electron chi connectivity index (χ2n) is 3.31. The zero-order valence-electron chi connectivity index (χ0n) is 8.23. The van der Waals surface area contributed by atoms with Crippen molar-refractivity contribution in [2.45, 2.75) is 13.8 Å². The molecule has 0 saturated carbocycles. The summed E-state index contributed by atoms with van der Waals surface area (Å²) in [4.78, 5) is 4.21. The molecule has 2 aromatic heterocycles. The zero-order chi connectivity index (χ0) is 10.1. The summed E-state index contributed by atoms with van der Waals surface area (Å²) in [5, 5.41) is 4.25. The molecule has 0 atom stereocenters. The largest absolute Gasteiger partial charge is 0.396 e. The van der Waals surface area contributed by atoms with Gasteiger partial charge in [0, 0.05) is 6.20 Å². The van der Waals surface area contributed by atoms with Crippen LogP contribution in [0.1, 0.15) is 11.3 Å². The topological polar surface area (TPSA) is 56.7 Å². The van der Waals surface area contributed by atoms with Gasteiger partial charge in [-0.25, -0.2) is 9.67 Å². The fourth-order valence-electron chi connectivity index (χ4n) is 1.24. The summed E-state index contributed by atoms with van der Waals surface area (Å²) in [6, 6.07) is 3.91. The number of aryl methyl sites for hydroxylation is 2. The van der Waals surface area contributed by atoms with Crippen molar-refractivity contribution in [1.82, 2.24) is 14.8 Å². The van der Waals surface area contributed by atoms with Crippen molar-refractivity contribution >= 4 is 5.69 Å². The van der Waals surface area contributed by atoms with Crippen LogP contribution in [-0.2, 0) is 0 Å². The molecule has 4 heteroatoms. The van der Waals surface area contributed by atoms with Crippen LogP contribution in [0.5, 0.6) is 0 Å². The molecule has 2 aromatic rings. The van der Waals surface area contributed by atoms with Gasteiger partial charge in [-0.2, -0.15) is 5.10 Å². The first-order valence-electron chi connectivity index (χ1n) is 4.41. The Kier molecular flexibility index (Phi) is 1.96. The molecule has 0 spiro atoms. The first kappa shape index (κ1) is 8.74. The average Bonchev–Trinajstić information content (AvgIpc) is 2.47. The number of nitrogen functional groups attached to an aromatic ring is 1. The van der Waals surface area contributed by atoms with Crippen LogP contribution in [0.3, 0.4) is 0 Å². The van der Waals surface area contributed by atoms with Gasteiger partial charge in [0.05, 0.1) is 17.6 Å². The van der Waals surface area contributed by atoms with E-state index in [0.717, 1.165) is 17.1 Å². The van der Waals surface area contributed by atoms with Gasteiger partial charge in [-0.3, -0.25) is 0 Å². The van der Waals surface area contributed by atoms with Crippen molar-refractivity contribution in [2.75, 3.05) is 5.73 Å². The molecule has 0 unspecified atom stereocenters. The van der Waals surface area contributed by atoms with E-state index in [4.69, 9.17) is 5.73 Å². The fourth-order valence-corrected chi connectivity index (χ4v) is 1.24. The quantitative estimate of drug-likeness (QED) is 0.737. The van der Waals surface area contributed by atoms with Gasteiger partial charge in [-0.1, -0.05) is 0 Å². The molecule has 14 heavy (non-hydrogen) atoms. The minimum atomic E-state index is 0.688.